The molecule has 0 saturated heterocycles. The summed E-state index contributed by atoms with van der Waals surface area (Å²) in [6, 6.07) is 22.1. The lowest BCUT2D eigenvalue weighted by molar-refractivity contribution is -0.142. The Bertz CT molecular complexity index is 1440. The summed E-state index contributed by atoms with van der Waals surface area (Å²) < 4.78 is 12.5. The number of hydrogen-bond donors (Lipinski definition) is 1. The van der Waals surface area contributed by atoms with E-state index in [9.17, 15) is 14.4 Å². The number of esters is 1. The molecule has 4 aromatic rings. The van der Waals surface area contributed by atoms with Gasteiger partial charge in [-0.15, -0.1) is 0 Å². The molecule has 0 unspecified atom stereocenters. The molecule has 1 aliphatic carbocycles. The molecule has 182 valence electrons. The van der Waals surface area contributed by atoms with Crippen LogP contribution in [0.15, 0.2) is 72.9 Å². The van der Waals surface area contributed by atoms with E-state index in [1.165, 1.54) is 7.11 Å². The molecule has 0 aliphatic heterocycles. The van der Waals surface area contributed by atoms with Crippen LogP contribution in [0.5, 0.6) is 5.75 Å². The number of hydrogen-bond acceptors (Lipinski definition) is 5. The van der Waals surface area contributed by atoms with Crippen molar-refractivity contribution in [2.24, 2.45) is 0 Å². The van der Waals surface area contributed by atoms with Crippen LogP contribution in [0.4, 0.5) is 5.69 Å². The Hall–Kier alpha value is -4.39. The van der Waals surface area contributed by atoms with Gasteiger partial charge in [0.25, 0.3) is 5.91 Å². The molecule has 1 N–H and O–H groups in total. The third-order valence-electron chi connectivity index (χ3n) is 6.44. The SMILES string of the molecule is COC(=O)COc1cccn2c(Cc3ccccc3-c3ccccc3)c(C3CC3)c(NC(=O)C=O)c12. The lowest BCUT2D eigenvalue weighted by Gasteiger charge is -2.12. The van der Waals surface area contributed by atoms with Crippen molar-refractivity contribution in [3.05, 3.63) is 89.7 Å². The van der Waals surface area contributed by atoms with Gasteiger partial charge >= 0.3 is 5.97 Å². The Morgan fingerprint density at radius 1 is 1.03 bits per heavy atom. The van der Waals surface area contributed by atoms with Gasteiger partial charge in [0.1, 0.15) is 11.3 Å². The van der Waals surface area contributed by atoms with Gasteiger partial charge in [0, 0.05) is 23.9 Å². The van der Waals surface area contributed by atoms with E-state index in [1.54, 1.807) is 6.07 Å². The van der Waals surface area contributed by atoms with Crippen LogP contribution >= 0.6 is 0 Å². The van der Waals surface area contributed by atoms with Gasteiger partial charge in [-0.05, 0) is 47.6 Å². The average Bonchev–Trinajstić information content (AvgIpc) is 3.72. The first-order valence-electron chi connectivity index (χ1n) is 11.9. The number of ether oxygens (including phenoxy) is 2. The molecule has 1 amide bonds. The van der Waals surface area contributed by atoms with Crippen LogP contribution in [0.3, 0.4) is 0 Å². The summed E-state index contributed by atoms with van der Waals surface area (Å²) in [5.74, 6) is -0.558. The monoisotopic (exact) mass is 482 g/mol. The number of aldehydes is 1. The van der Waals surface area contributed by atoms with Gasteiger partial charge < -0.3 is 19.2 Å². The quantitative estimate of drug-likeness (QED) is 0.211. The van der Waals surface area contributed by atoms with Crippen LogP contribution in [0, 0.1) is 0 Å². The molecule has 0 bridgehead atoms. The molecule has 7 nitrogen and oxygen atoms in total. The highest BCUT2D eigenvalue weighted by molar-refractivity contribution is 6.30. The summed E-state index contributed by atoms with van der Waals surface area (Å²) in [7, 11) is 1.30. The molecule has 2 aromatic carbocycles. The second kappa shape index (κ2) is 10.1. The van der Waals surface area contributed by atoms with E-state index < -0.39 is 11.9 Å². The molecule has 0 radical (unpaired) electrons. The fourth-order valence-electron chi connectivity index (χ4n) is 4.70. The number of nitrogens with zero attached hydrogens (tertiary/aromatic N) is 1. The van der Waals surface area contributed by atoms with Crippen LogP contribution in [-0.2, 0) is 25.5 Å². The highest BCUT2D eigenvalue weighted by Gasteiger charge is 2.34. The van der Waals surface area contributed by atoms with E-state index in [4.69, 9.17) is 9.47 Å². The fraction of sp³-hybridized carbons (Fsp3) is 0.207. The molecule has 1 saturated carbocycles. The summed E-state index contributed by atoms with van der Waals surface area (Å²) in [6.45, 7) is -0.270. The van der Waals surface area contributed by atoms with Crippen LogP contribution in [0.25, 0.3) is 16.6 Å². The van der Waals surface area contributed by atoms with Crippen LogP contribution in [0.2, 0.25) is 0 Å². The van der Waals surface area contributed by atoms with Crippen LogP contribution in [-0.4, -0.2) is 36.3 Å². The van der Waals surface area contributed by atoms with Gasteiger partial charge in [0.05, 0.1) is 12.8 Å². The molecule has 5 rings (SSSR count). The third kappa shape index (κ3) is 4.60. The zero-order chi connectivity index (χ0) is 25.1. The molecule has 36 heavy (non-hydrogen) atoms. The van der Waals surface area contributed by atoms with Crippen molar-refractivity contribution in [2.75, 3.05) is 19.0 Å². The molecule has 1 aliphatic rings. The van der Waals surface area contributed by atoms with E-state index in [0.29, 0.717) is 23.4 Å². The largest absolute Gasteiger partial charge is 0.480 e. The van der Waals surface area contributed by atoms with E-state index in [1.807, 2.05) is 47.0 Å². The molecular formula is C29H26N2O5. The third-order valence-corrected chi connectivity index (χ3v) is 6.44. The standard InChI is InChI=1S/C29H26N2O5/c1-35-26(34)18-36-24-12-7-15-31-23(27(20-13-14-20)28(29(24)31)30-25(33)17-32)16-21-10-5-6-11-22(21)19-8-3-2-4-9-19/h2-12,15,17,20H,13-14,16,18H2,1H3,(H,30,33). The van der Waals surface area contributed by atoms with Crippen LogP contribution < -0.4 is 10.1 Å². The number of aromatic nitrogens is 1. The minimum absolute atomic E-state index is 0.263. The van der Waals surface area contributed by atoms with E-state index in [2.05, 4.69) is 29.6 Å². The van der Waals surface area contributed by atoms with E-state index in [-0.39, 0.29) is 18.8 Å². The maximum absolute atomic E-state index is 12.2. The van der Waals surface area contributed by atoms with Crippen molar-refractivity contribution in [2.45, 2.75) is 25.2 Å². The predicted octanol–water partition coefficient (Wildman–Crippen LogP) is 4.76. The Morgan fingerprint density at radius 2 is 1.78 bits per heavy atom. The van der Waals surface area contributed by atoms with Crippen LogP contribution in [0.1, 0.15) is 35.6 Å². The zero-order valence-corrected chi connectivity index (χ0v) is 19.9. The molecular weight excluding hydrogens is 456 g/mol. The van der Waals surface area contributed by atoms with Gasteiger partial charge in [0.15, 0.2) is 6.61 Å². The van der Waals surface area contributed by atoms with Crippen molar-refractivity contribution in [3.8, 4) is 16.9 Å². The van der Waals surface area contributed by atoms with E-state index >= 15 is 0 Å². The number of benzene rings is 2. The minimum atomic E-state index is -0.733. The number of rotatable bonds is 9. The summed E-state index contributed by atoms with van der Waals surface area (Å²) in [5.41, 5.74) is 6.58. The minimum Gasteiger partial charge on any atom is -0.480 e. The number of methoxy groups -OCH3 is 1. The highest BCUT2D eigenvalue weighted by atomic mass is 16.6. The first-order valence-corrected chi connectivity index (χ1v) is 11.9. The maximum atomic E-state index is 12.2. The normalized spacial score (nSPS) is 12.8. The van der Waals surface area contributed by atoms with Crippen molar-refractivity contribution in [3.63, 3.8) is 0 Å². The number of anilines is 1. The second-order valence-corrected chi connectivity index (χ2v) is 8.77. The van der Waals surface area contributed by atoms with Gasteiger partial charge in [-0.25, -0.2) is 4.79 Å². The summed E-state index contributed by atoms with van der Waals surface area (Å²) >= 11 is 0. The number of amides is 1. The van der Waals surface area contributed by atoms with Crippen molar-refractivity contribution in [1.82, 2.24) is 4.40 Å². The molecule has 2 aromatic heterocycles. The first-order chi connectivity index (χ1) is 17.6. The smallest absolute Gasteiger partial charge is 0.343 e. The van der Waals surface area contributed by atoms with Crippen molar-refractivity contribution in [1.29, 1.82) is 0 Å². The Morgan fingerprint density at radius 3 is 2.50 bits per heavy atom. The number of carbonyl (C=O) groups excluding carboxylic acids is 3. The number of nitrogens with one attached hydrogen (secondary N) is 1. The highest BCUT2D eigenvalue weighted by Crippen LogP contribution is 2.50. The Kier molecular flexibility index (Phi) is 6.54. The summed E-state index contributed by atoms with van der Waals surface area (Å²) in [4.78, 5) is 35.3. The summed E-state index contributed by atoms with van der Waals surface area (Å²) in [6.07, 6.45) is 4.78. The first kappa shape index (κ1) is 23.4. The van der Waals surface area contributed by atoms with Crippen molar-refractivity contribution >= 4 is 29.4 Å². The lowest BCUT2D eigenvalue weighted by atomic mass is 9.95. The topological polar surface area (TPSA) is 86.1 Å². The van der Waals surface area contributed by atoms with Gasteiger partial charge in [-0.1, -0.05) is 54.6 Å². The number of fused-ring (bicyclic) bond motifs is 1. The molecule has 1 fully saturated rings. The van der Waals surface area contributed by atoms with Gasteiger partial charge in [-0.2, -0.15) is 0 Å². The Labute approximate surface area is 208 Å². The summed E-state index contributed by atoms with van der Waals surface area (Å²) in [5, 5.41) is 2.80. The molecule has 0 spiro atoms. The second-order valence-electron chi connectivity index (χ2n) is 8.77. The molecule has 0 atom stereocenters. The van der Waals surface area contributed by atoms with E-state index in [0.717, 1.165) is 40.8 Å². The molecule has 2 heterocycles. The molecule has 7 heteroatoms. The zero-order valence-electron chi connectivity index (χ0n) is 19.9. The Balaban J connectivity index is 1.68. The number of carbonyl (C=O) groups is 3. The van der Waals surface area contributed by atoms with Crippen molar-refractivity contribution < 1.29 is 23.9 Å². The number of pyridine rings is 1. The van der Waals surface area contributed by atoms with Gasteiger partial charge in [0.2, 0.25) is 6.29 Å². The fourth-order valence-corrected chi connectivity index (χ4v) is 4.70. The maximum Gasteiger partial charge on any atom is 0.343 e. The average molecular weight is 483 g/mol. The lowest BCUT2D eigenvalue weighted by Crippen LogP contribution is -2.15. The van der Waals surface area contributed by atoms with Gasteiger partial charge in [-0.3, -0.25) is 9.59 Å². The predicted molar refractivity (Wildman–Crippen MR) is 136 cm³/mol.